The summed E-state index contributed by atoms with van der Waals surface area (Å²) in [6, 6.07) is -0.101. The van der Waals surface area contributed by atoms with Crippen molar-refractivity contribution in [2.24, 2.45) is 5.92 Å². The Hall–Kier alpha value is -0.170. The molecule has 0 amide bonds. The molecule has 0 bridgehead atoms. The zero-order valence-corrected chi connectivity index (χ0v) is 12.2. The average molecular weight is 278 g/mol. The van der Waals surface area contributed by atoms with Crippen molar-refractivity contribution in [2.45, 2.75) is 52.0 Å². The van der Waals surface area contributed by atoms with E-state index in [2.05, 4.69) is 4.72 Å². The zero-order valence-electron chi connectivity index (χ0n) is 11.4. The molecule has 1 saturated carbocycles. The largest absolute Gasteiger partial charge is 0.396 e. The van der Waals surface area contributed by atoms with Gasteiger partial charge in [0, 0.05) is 25.7 Å². The van der Waals surface area contributed by atoms with E-state index in [4.69, 9.17) is 0 Å². The molecule has 0 radical (unpaired) electrons. The molecule has 5 nitrogen and oxygen atoms in total. The van der Waals surface area contributed by atoms with Crippen LogP contribution in [0.15, 0.2) is 0 Å². The van der Waals surface area contributed by atoms with Crippen molar-refractivity contribution in [1.29, 1.82) is 0 Å². The number of aliphatic hydroxyl groups excluding tert-OH is 1. The molecule has 1 fully saturated rings. The number of aliphatic hydroxyl groups is 1. The molecule has 108 valence electrons. The van der Waals surface area contributed by atoms with Gasteiger partial charge in [-0.1, -0.05) is 20.3 Å². The van der Waals surface area contributed by atoms with E-state index in [-0.39, 0.29) is 18.6 Å². The van der Waals surface area contributed by atoms with E-state index in [9.17, 15) is 13.5 Å². The third kappa shape index (κ3) is 4.19. The lowest BCUT2D eigenvalue weighted by Crippen LogP contribution is -2.47. The van der Waals surface area contributed by atoms with Crippen molar-refractivity contribution in [2.75, 3.05) is 19.7 Å². The van der Waals surface area contributed by atoms with E-state index in [0.29, 0.717) is 13.1 Å². The lowest BCUT2D eigenvalue weighted by atomic mass is 10.1. The molecule has 0 spiro atoms. The van der Waals surface area contributed by atoms with Gasteiger partial charge in [-0.05, 0) is 31.6 Å². The molecule has 0 aliphatic heterocycles. The van der Waals surface area contributed by atoms with Crippen LogP contribution in [0.4, 0.5) is 0 Å². The van der Waals surface area contributed by atoms with Gasteiger partial charge in [-0.3, -0.25) is 0 Å². The Balaban J connectivity index is 2.66. The van der Waals surface area contributed by atoms with Crippen LogP contribution in [0.1, 0.15) is 46.0 Å². The molecule has 18 heavy (non-hydrogen) atoms. The number of hydrogen-bond donors (Lipinski definition) is 2. The molecule has 0 aromatic heterocycles. The van der Waals surface area contributed by atoms with Gasteiger partial charge in [0.1, 0.15) is 0 Å². The molecule has 2 N–H and O–H groups in total. The Bertz CT molecular complexity index is 326. The first-order chi connectivity index (χ1) is 8.55. The van der Waals surface area contributed by atoms with Crippen LogP contribution in [-0.2, 0) is 10.2 Å². The van der Waals surface area contributed by atoms with Crippen LogP contribution in [0.3, 0.4) is 0 Å². The van der Waals surface area contributed by atoms with Crippen molar-refractivity contribution >= 4 is 10.2 Å². The van der Waals surface area contributed by atoms with Gasteiger partial charge in [0.15, 0.2) is 0 Å². The molecular weight excluding hydrogens is 252 g/mol. The van der Waals surface area contributed by atoms with E-state index < -0.39 is 10.2 Å². The first-order valence-corrected chi connectivity index (χ1v) is 8.37. The van der Waals surface area contributed by atoms with Gasteiger partial charge in [-0.2, -0.15) is 17.4 Å². The quantitative estimate of drug-likeness (QED) is 0.698. The summed E-state index contributed by atoms with van der Waals surface area (Å²) < 4.78 is 28.8. The van der Waals surface area contributed by atoms with Gasteiger partial charge < -0.3 is 5.11 Å². The van der Waals surface area contributed by atoms with Crippen molar-refractivity contribution in [3.8, 4) is 0 Å². The number of hydrogen-bond acceptors (Lipinski definition) is 3. The molecule has 2 atom stereocenters. The minimum atomic E-state index is -3.40. The number of nitrogens with zero attached hydrogens (tertiary/aromatic N) is 1. The van der Waals surface area contributed by atoms with Crippen LogP contribution >= 0.6 is 0 Å². The van der Waals surface area contributed by atoms with E-state index in [1.807, 2.05) is 13.8 Å². The SMILES string of the molecule is CCCN(CCC)S(=O)(=O)NC1CCCC1CO. The minimum absolute atomic E-state index is 0.0642. The summed E-state index contributed by atoms with van der Waals surface area (Å²) >= 11 is 0. The molecular formula is C12H26N2O3S. The second kappa shape index (κ2) is 7.43. The lowest BCUT2D eigenvalue weighted by molar-refractivity contribution is 0.212. The van der Waals surface area contributed by atoms with Crippen LogP contribution in [0.5, 0.6) is 0 Å². The van der Waals surface area contributed by atoms with E-state index in [0.717, 1.165) is 32.1 Å². The molecule has 0 saturated heterocycles. The van der Waals surface area contributed by atoms with Crippen LogP contribution in [0.2, 0.25) is 0 Å². The van der Waals surface area contributed by atoms with Crippen LogP contribution < -0.4 is 4.72 Å². The molecule has 1 aliphatic carbocycles. The van der Waals surface area contributed by atoms with Crippen LogP contribution in [0.25, 0.3) is 0 Å². The highest BCUT2D eigenvalue weighted by Gasteiger charge is 2.32. The topological polar surface area (TPSA) is 69.6 Å². The minimum Gasteiger partial charge on any atom is -0.396 e. The summed E-state index contributed by atoms with van der Waals surface area (Å²) in [7, 11) is -3.40. The predicted octanol–water partition coefficient (Wildman–Crippen LogP) is 1.10. The Kier molecular flexibility index (Phi) is 6.55. The maximum Gasteiger partial charge on any atom is 0.279 e. The summed E-state index contributed by atoms with van der Waals surface area (Å²) in [5.74, 6) is 0.0740. The highest BCUT2D eigenvalue weighted by molar-refractivity contribution is 7.87. The summed E-state index contributed by atoms with van der Waals surface area (Å²) in [5, 5.41) is 9.23. The van der Waals surface area contributed by atoms with Gasteiger partial charge in [0.05, 0.1) is 0 Å². The van der Waals surface area contributed by atoms with Crippen molar-refractivity contribution < 1.29 is 13.5 Å². The summed E-state index contributed by atoms with van der Waals surface area (Å²) in [6.45, 7) is 5.13. The van der Waals surface area contributed by atoms with E-state index in [1.54, 1.807) is 0 Å². The average Bonchev–Trinajstić information content (AvgIpc) is 2.75. The molecule has 0 aromatic rings. The predicted molar refractivity (Wildman–Crippen MR) is 72.4 cm³/mol. The molecule has 2 unspecified atom stereocenters. The van der Waals surface area contributed by atoms with Gasteiger partial charge in [-0.25, -0.2) is 0 Å². The Labute approximate surface area is 111 Å². The Morgan fingerprint density at radius 1 is 1.22 bits per heavy atom. The summed E-state index contributed by atoms with van der Waals surface area (Å²) in [4.78, 5) is 0. The molecule has 1 aliphatic rings. The van der Waals surface area contributed by atoms with Gasteiger partial charge >= 0.3 is 0 Å². The third-order valence-electron chi connectivity index (χ3n) is 3.48. The highest BCUT2D eigenvalue weighted by Crippen LogP contribution is 2.26. The van der Waals surface area contributed by atoms with E-state index in [1.165, 1.54) is 4.31 Å². The standard InChI is InChI=1S/C12H26N2O3S/c1-3-8-14(9-4-2)18(16,17)13-12-7-5-6-11(12)10-15/h11-13,15H,3-10H2,1-2H3. The molecule has 0 heterocycles. The first-order valence-electron chi connectivity index (χ1n) is 6.93. The van der Waals surface area contributed by atoms with E-state index >= 15 is 0 Å². The monoisotopic (exact) mass is 278 g/mol. The normalized spacial score (nSPS) is 24.9. The maximum absolute atomic E-state index is 12.3. The fourth-order valence-corrected chi connectivity index (χ4v) is 4.22. The third-order valence-corrected chi connectivity index (χ3v) is 5.13. The highest BCUT2D eigenvalue weighted by atomic mass is 32.2. The Morgan fingerprint density at radius 3 is 2.33 bits per heavy atom. The van der Waals surface area contributed by atoms with Crippen LogP contribution in [-0.4, -0.2) is 43.6 Å². The van der Waals surface area contributed by atoms with Crippen LogP contribution in [0, 0.1) is 5.92 Å². The molecule has 1 rings (SSSR count). The summed E-state index contributed by atoms with van der Waals surface area (Å²) in [6.07, 6.45) is 4.35. The second-order valence-electron chi connectivity index (χ2n) is 5.00. The van der Waals surface area contributed by atoms with Gasteiger partial charge in [0.25, 0.3) is 10.2 Å². The first kappa shape index (κ1) is 15.9. The number of rotatable bonds is 8. The molecule has 6 heteroatoms. The van der Waals surface area contributed by atoms with Crippen molar-refractivity contribution in [3.63, 3.8) is 0 Å². The Morgan fingerprint density at radius 2 is 1.83 bits per heavy atom. The van der Waals surface area contributed by atoms with Gasteiger partial charge in [0.2, 0.25) is 0 Å². The fraction of sp³-hybridized carbons (Fsp3) is 1.00. The maximum atomic E-state index is 12.3. The van der Waals surface area contributed by atoms with Gasteiger partial charge in [-0.15, -0.1) is 0 Å². The number of nitrogens with one attached hydrogen (secondary N) is 1. The molecule has 0 aromatic carbocycles. The second-order valence-corrected chi connectivity index (χ2v) is 6.70. The van der Waals surface area contributed by atoms with Crippen molar-refractivity contribution in [3.05, 3.63) is 0 Å². The van der Waals surface area contributed by atoms with Crippen molar-refractivity contribution in [1.82, 2.24) is 9.03 Å². The summed E-state index contributed by atoms with van der Waals surface area (Å²) in [5.41, 5.74) is 0. The fourth-order valence-electron chi connectivity index (χ4n) is 2.53. The lowest BCUT2D eigenvalue weighted by Gasteiger charge is -2.25. The smallest absolute Gasteiger partial charge is 0.279 e. The zero-order chi connectivity index (χ0) is 13.6.